The van der Waals surface area contributed by atoms with Crippen LogP contribution in [0.1, 0.15) is 101 Å². The van der Waals surface area contributed by atoms with Crippen LogP contribution in [-0.2, 0) is 15.6 Å². The van der Waals surface area contributed by atoms with E-state index in [0.29, 0.717) is 26.4 Å². The van der Waals surface area contributed by atoms with E-state index in [1.54, 1.807) is 0 Å². The Bertz CT molecular complexity index is 874. The molecule has 35 heavy (non-hydrogen) atoms. The Morgan fingerprint density at radius 2 is 0.857 bits per heavy atom. The first-order chi connectivity index (χ1) is 16.5. The minimum atomic E-state index is 0.222. The van der Waals surface area contributed by atoms with E-state index in [-0.39, 0.29) is 10.8 Å². The number of hydrogen-bond acceptors (Lipinski definition) is 3. The molecule has 0 bridgehead atoms. The van der Waals surface area contributed by atoms with E-state index in [1.165, 1.54) is 33.4 Å². The van der Waals surface area contributed by atoms with Gasteiger partial charge in [-0.25, -0.2) is 0 Å². The number of aryl methyl sites for hydroxylation is 4. The van der Waals surface area contributed by atoms with Gasteiger partial charge in [-0.3, -0.25) is 0 Å². The Labute approximate surface area is 215 Å². The molecule has 196 valence electrons. The zero-order valence-corrected chi connectivity index (χ0v) is 24.2. The highest BCUT2D eigenvalue weighted by atomic mass is 16.5. The van der Waals surface area contributed by atoms with Crippen molar-refractivity contribution in [1.82, 2.24) is 0 Å². The summed E-state index contributed by atoms with van der Waals surface area (Å²) in [7, 11) is 0. The molecular weight excluding hydrogens is 432 g/mol. The van der Waals surface area contributed by atoms with Gasteiger partial charge in [0.25, 0.3) is 0 Å². The molecule has 0 saturated carbocycles. The van der Waals surface area contributed by atoms with E-state index in [9.17, 15) is 0 Å². The maximum Gasteiger partial charge on any atom is 0.122 e. The molecule has 0 saturated heterocycles. The molecule has 0 aliphatic heterocycles. The van der Waals surface area contributed by atoms with Crippen molar-refractivity contribution in [2.75, 3.05) is 26.4 Å². The van der Waals surface area contributed by atoms with Crippen molar-refractivity contribution in [3.05, 3.63) is 57.6 Å². The van der Waals surface area contributed by atoms with E-state index in [1.807, 2.05) is 0 Å². The van der Waals surface area contributed by atoms with Crippen LogP contribution in [0.4, 0.5) is 0 Å². The third-order valence-electron chi connectivity index (χ3n) is 8.44. The summed E-state index contributed by atoms with van der Waals surface area (Å²) >= 11 is 0. The van der Waals surface area contributed by atoms with Gasteiger partial charge in [0.2, 0.25) is 0 Å². The Morgan fingerprint density at radius 3 is 1.17 bits per heavy atom. The lowest BCUT2D eigenvalue weighted by molar-refractivity contribution is 0.0760. The lowest BCUT2D eigenvalue weighted by Gasteiger charge is -2.30. The molecular formula is C32H50O3. The van der Waals surface area contributed by atoms with Crippen molar-refractivity contribution in [2.45, 2.75) is 106 Å². The van der Waals surface area contributed by atoms with Crippen molar-refractivity contribution >= 4 is 0 Å². The SMILES string of the molecule is CCC(C)(CC)c1cc(C)c(OCCOCCOc2cc(C)c(C(C)(CC)CC)cc2C)cc1C. The molecule has 3 heteroatoms. The molecule has 0 amide bonds. The van der Waals surface area contributed by atoms with Gasteiger partial charge in [0.1, 0.15) is 24.7 Å². The molecule has 0 spiro atoms. The quantitative estimate of drug-likeness (QED) is 0.252. The van der Waals surface area contributed by atoms with Crippen LogP contribution < -0.4 is 9.47 Å². The zero-order valence-electron chi connectivity index (χ0n) is 24.2. The largest absolute Gasteiger partial charge is 0.491 e. The van der Waals surface area contributed by atoms with Crippen molar-refractivity contribution in [3.63, 3.8) is 0 Å². The predicted molar refractivity (Wildman–Crippen MR) is 150 cm³/mol. The number of hydrogen-bond donors (Lipinski definition) is 0. The topological polar surface area (TPSA) is 27.7 Å². The third kappa shape index (κ3) is 7.03. The van der Waals surface area contributed by atoms with E-state index in [2.05, 4.69) is 93.5 Å². The van der Waals surface area contributed by atoms with Crippen molar-refractivity contribution < 1.29 is 14.2 Å². The van der Waals surface area contributed by atoms with Crippen LogP contribution in [0.2, 0.25) is 0 Å². The normalized spacial score (nSPS) is 12.2. The molecule has 0 heterocycles. The third-order valence-corrected chi connectivity index (χ3v) is 8.44. The molecule has 0 radical (unpaired) electrons. The first-order valence-electron chi connectivity index (χ1n) is 13.6. The van der Waals surface area contributed by atoms with Crippen LogP contribution in [0.5, 0.6) is 11.5 Å². The van der Waals surface area contributed by atoms with Crippen molar-refractivity contribution in [1.29, 1.82) is 0 Å². The summed E-state index contributed by atoms with van der Waals surface area (Å²) in [5.41, 5.74) is 8.32. The summed E-state index contributed by atoms with van der Waals surface area (Å²) in [6.07, 6.45) is 4.56. The molecule has 2 rings (SSSR count). The Balaban J connectivity index is 1.83. The van der Waals surface area contributed by atoms with Crippen LogP contribution in [0.3, 0.4) is 0 Å². The Kier molecular flexibility index (Phi) is 10.7. The fraction of sp³-hybridized carbons (Fsp3) is 0.625. The summed E-state index contributed by atoms with van der Waals surface area (Å²) in [4.78, 5) is 0. The molecule has 0 aromatic heterocycles. The summed E-state index contributed by atoms with van der Waals surface area (Å²) in [5.74, 6) is 1.91. The van der Waals surface area contributed by atoms with Crippen LogP contribution in [0.15, 0.2) is 24.3 Å². The molecule has 0 aliphatic rings. The van der Waals surface area contributed by atoms with Crippen molar-refractivity contribution in [3.8, 4) is 11.5 Å². The second kappa shape index (κ2) is 12.8. The molecule has 0 aliphatic carbocycles. The molecule has 2 aromatic carbocycles. The van der Waals surface area contributed by atoms with E-state index in [4.69, 9.17) is 14.2 Å². The van der Waals surface area contributed by atoms with Gasteiger partial charge in [-0.15, -0.1) is 0 Å². The first-order valence-corrected chi connectivity index (χ1v) is 13.6. The molecule has 2 aromatic rings. The van der Waals surface area contributed by atoms with Gasteiger partial charge in [-0.1, -0.05) is 53.7 Å². The second-order valence-corrected chi connectivity index (χ2v) is 10.7. The highest BCUT2D eigenvalue weighted by molar-refractivity contribution is 5.45. The first kappa shape index (κ1) is 29.2. The maximum absolute atomic E-state index is 6.05. The molecule has 0 unspecified atom stereocenters. The smallest absolute Gasteiger partial charge is 0.122 e. The summed E-state index contributed by atoms with van der Waals surface area (Å²) < 4.78 is 17.9. The fourth-order valence-electron chi connectivity index (χ4n) is 4.98. The average molecular weight is 483 g/mol. The van der Waals surface area contributed by atoms with Gasteiger partial charge in [0.05, 0.1) is 13.2 Å². The standard InChI is InChI=1S/C32H50O3/c1-11-31(9,12-2)27-19-25(7)29(21-23(27)5)34-17-15-33-16-18-35-30-22-24(6)28(20-26(30)8)32(10,13-3)14-4/h19-22H,11-18H2,1-10H3. The van der Waals surface area contributed by atoms with Crippen LogP contribution in [0, 0.1) is 27.7 Å². The fourth-order valence-corrected chi connectivity index (χ4v) is 4.98. The zero-order chi connectivity index (χ0) is 26.2. The van der Waals surface area contributed by atoms with E-state index < -0.39 is 0 Å². The lowest BCUT2D eigenvalue weighted by Crippen LogP contribution is -2.21. The summed E-state index contributed by atoms with van der Waals surface area (Å²) in [6.45, 7) is 24.6. The lowest BCUT2D eigenvalue weighted by atomic mass is 9.75. The number of benzene rings is 2. The van der Waals surface area contributed by atoms with Gasteiger partial charge < -0.3 is 14.2 Å². The molecule has 0 atom stereocenters. The molecule has 0 fully saturated rings. The van der Waals surface area contributed by atoms with Crippen LogP contribution >= 0.6 is 0 Å². The van der Waals surface area contributed by atoms with E-state index >= 15 is 0 Å². The highest BCUT2D eigenvalue weighted by Gasteiger charge is 2.26. The van der Waals surface area contributed by atoms with Gasteiger partial charge in [-0.05, 0) is 110 Å². The Hall–Kier alpha value is -2.00. The van der Waals surface area contributed by atoms with E-state index in [0.717, 1.165) is 37.2 Å². The van der Waals surface area contributed by atoms with Crippen LogP contribution in [0.25, 0.3) is 0 Å². The average Bonchev–Trinajstić information content (AvgIpc) is 2.85. The summed E-state index contributed by atoms with van der Waals surface area (Å²) in [5, 5.41) is 0. The minimum absolute atomic E-state index is 0.222. The molecule has 3 nitrogen and oxygen atoms in total. The molecule has 0 N–H and O–H groups in total. The minimum Gasteiger partial charge on any atom is -0.491 e. The van der Waals surface area contributed by atoms with Crippen molar-refractivity contribution in [2.24, 2.45) is 0 Å². The number of ether oxygens (including phenoxy) is 3. The summed E-state index contributed by atoms with van der Waals surface area (Å²) in [6, 6.07) is 9.00. The predicted octanol–water partition coefficient (Wildman–Crippen LogP) is 8.55. The maximum atomic E-state index is 6.05. The Morgan fingerprint density at radius 1 is 0.514 bits per heavy atom. The van der Waals surface area contributed by atoms with Gasteiger partial charge in [-0.2, -0.15) is 0 Å². The number of rotatable bonds is 14. The second-order valence-electron chi connectivity index (χ2n) is 10.7. The van der Waals surface area contributed by atoms with Gasteiger partial charge in [0, 0.05) is 0 Å². The van der Waals surface area contributed by atoms with Gasteiger partial charge >= 0.3 is 0 Å². The highest BCUT2D eigenvalue weighted by Crippen LogP contribution is 2.37. The van der Waals surface area contributed by atoms with Gasteiger partial charge in [0.15, 0.2) is 0 Å². The van der Waals surface area contributed by atoms with Crippen LogP contribution in [-0.4, -0.2) is 26.4 Å². The monoisotopic (exact) mass is 482 g/mol.